The van der Waals surface area contributed by atoms with Crippen molar-refractivity contribution >= 4 is 27.4 Å². The van der Waals surface area contributed by atoms with Crippen LogP contribution in [-0.4, -0.2) is 9.55 Å². The Morgan fingerprint density at radius 2 is 2.42 bits per heavy atom. The first kappa shape index (κ1) is 7.30. The summed E-state index contributed by atoms with van der Waals surface area (Å²) in [5.41, 5.74) is 6.43. The highest BCUT2D eigenvalue weighted by molar-refractivity contribution is 7.17. The predicted octanol–water partition coefficient (Wildman–Crippen LogP) is 0.577. The summed E-state index contributed by atoms with van der Waals surface area (Å²) in [5, 5.41) is 0. The van der Waals surface area contributed by atoms with Crippen molar-refractivity contribution in [1.29, 1.82) is 0 Å². The Kier molecular flexibility index (Phi) is 1.41. The Morgan fingerprint density at radius 3 is 3.08 bits per heavy atom. The van der Waals surface area contributed by atoms with Gasteiger partial charge in [0, 0.05) is 13.2 Å². The molecule has 2 N–H and O–H groups in total. The second kappa shape index (κ2) is 2.31. The third kappa shape index (κ3) is 0.831. The number of aromatic nitrogens is 2. The van der Waals surface area contributed by atoms with Gasteiger partial charge in [-0.15, -0.1) is 0 Å². The number of hydrogen-bond donors (Lipinski definition) is 1. The van der Waals surface area contributed by atoms with Crippen molar-refractivity contribution in [3.8, 4) is 0 Å². The summed E-state index contributed by atoms with van der Waals surface area (Å²) >= 11 is 1.13. The Hall–Kier alpha value is -1.36. The first-order chi connectivity index (χ1) is 5.70. The summed E-state index contributed by atoms with van der Waals surface area (Å²) in [5.74, 6) is 0.426. The lowest BCUT2D eigenvalue weighted by atomic mass is 10.4. The van der Waals surface area contributed by atoms with E-state index in [-0.39, 0.29) is 4.87 Å². The van der Waals surface area contributed by atoms with Crippen LogP contribution in [0, 0.1) is 0 Å². The molecule has 0 fully saturated rings. The summed E-state index contributed by atoms with van der Waals surface area (Å²) < 4.78 is 2.34. The molecule has 0 amide bonds. The van der Waals surface area contributed by atoms with Gasteiger partial charge in [0.2, 0.25) is 0 Å². The fourth-order valence-corrected chi connectivity index (χ4v) is 1.95. The van der Waals surface area contributed by atoms with Crippen LogP contribution in [-0.2, 0) is 7.05 Å². The molecular formula is C7H7N3OS. The molecule has 4 nitrogen and oxygen atoms in total. The minimum absolute atomic E-state index is 0.00954. The highest BCUT2D eigenvalue weighted by Crippen LogP contribution is 2.20. The summed E-state index contributed by atoms with van der Waals surface area (Å²) in [6.07, 6.45) is 1.60. The van der Waals surface area contributed by atoms with E-state index in [1.165, 1.54) is 0 Å². The molecule has 0 radical (unpaired) electrons. The normalized spacial score (nSPS) is 10.8. The van der Waals surface area contributed by atoms with Gasteiger partial charge >= 0.3 is 4.87 Å². The molecule has 12 heavy (non-hydrogen) atoms. The summed E-state index contributed by atoms with van der Waals surface area (Å²) in [6, 6.07) is 1.78. The van der Waals surface area contributed by atoms with E-state index in [4.69, 9.17) is 5.73 Å². The topological polar surface area (TPSA) is 60.9 Å². The Labute approximate surface area is 72.3 Å². The zero-order valence-electron chi connectivity index (χ0n) is 6.44. The number of nitrogens with zero attached hydrogens (tertiary/aromatic N) is 2. The standard InChI is InChI=1S/C7H7N3OS/c1-10-4-2-3-9-6(8)5(4)12-7(10)11/h2-3H,1H3,(H2,8,9). The van der Waals surface area contributed by atoms with Crippen molar-refractivity contribution in [2.45, 2.75) is 0 Å². The molecular weight excluding hydrogens is 174 g/mol. The number of nitrogen functional groups attached to an aromatic ring is 1. The molecule has 5 heteroatoms. The van der Waals surface area contributed by atoms with E-state index in [2.05, 4.69) is 4.98 Å². The van der Waals surface area contributed by atoms with Crippen LogP contribution < -0.4 is 10.6 Å². The molecule has 2 heterocycles. The number of anilines is 1. The fraction of sp³-hybridized carbons (Fsp3) is 0.143. The van der Waals surface area contributed by atoms with E-state index in [1.54, 1.807) is 23.9 Å². The average molecular weight is 181 g/mol. The van der Waals surface area contributed by atoms with Crippen LogP contribution in [0.25, 0.3) is 10.2 Å². The quantitative estimate of drug-likeness (QED) is 0.646. The van der Waals surface area contributed by atoms with Gasteiger partial charge in [-0.05, 0) is 6.07 Å². The van der Waals surface area contributed by atoms with Gasteiger partial charge in [-0.1, -0.05) is 11.3 Å². The van der Waals surface area contributed by atoms with Crippen LogP contribution >= 0.6 is 11.3 Å². The molecule has 0 atom stereocenters. The summed E-state index contributed by atoms with van der Waals surface area (Å²) in [6.45, 7) is 0. The first-order valence-corrected chi connectivity index (χ1v) is 4.22. The smallest absolute Gasteiger partial charge is 0.308 e. The Balaban J connectivity index is 3.05. The van der Waals surface area contributed by atoms with Gasteiger partial charge in [0.05, 0.1) is 10.2 Å². The van der Waals surface area contributed by atoms with Gasteiger partial charge in [-0.25, -0.2) is 4.98 Å². The lowest BCUT2D eigenvalue weighted by Crippen LogP contribution is -2.06. The van der Waals surface area contributed by atoms with Crippen molar-refractivity contribution in [1.82, 2.24) is 9.55 Å². The first-order valence-electron chi connectivity index (χ1n) is 3.40. The molecule has 0 saturated heterocycles. The molecule has 2 aromatic rings. The maximum Gasteiger partial charge on any atom is 0.308 e. The number of hydrogen-bond acceptors (Lipinski definition) is 4. The van der Waals surface area contributed by atoms with Crippen LogP contribution in [0.15, 0.2) is 17.1 Å². The van der Waals surface area contributed by atoms with Crippen molar-refractivity contribution in [2.75, 3.05) is 5.73 Å². The summed E-state index contributed by atoms with van der Waals surface area (Å²) in [7, 11) is 1.72. The third-order valence-corrected chi connectivity index (χ3v) is 2.81. The van der Waals surface area contributed by atoms with Crippen molar-refractivity contribution in [3.05, 3.63) is 21.9 Å². The second-order valence-electron chi connectivity index (χ2n) is 2.47. The molecule has 0 spiro atoms. The minimum Gasteiger partial charge on any atom is -0.382 e. The predicted molar refractivity (Wildman–Crippen MR) is 49.3 cm³/mol. The van der Waals surface area contributed by atoms with Gasteiger partial charge in [0.25, 0.3) is 0 Å². The van der Waals surface area contributed by atoms with E-state index in [0.717, 1.165) is 21.6 Å². The maximum absolute atomic E-state index is 11.2. The van der Waals surface area contributed by atoms with Crippen LogP contribution in [0.4, 0.5) is 5.82 Å². The highest BCUT2D eigenvalue weighted by Gasteiger charge is 2.05. The molecule has 0 aromatic carbocycles. The van der Waals surface area contributed by atoms with Crippen LogP contribution in [0.2, 0.25) is 0 Å². The molecule has 0 aliphatic carbocycles. The minimum atomic E-state index is -0.00954. The summed E-state index contributed by atoms with van der Waals surface area (Å²) in [4.78, 5) is 15.1. The molecule has 62 valence electrons. The molecule has 0 unspecified atom stereocenters. The maximum atomic E-state index is 11.2. The van der Waals surface area contributed by atoms with E-state index in [0.29, 0.717) is 5.82 Å². The van der Waals surface area contributed by atoms with E-state index >= 15 is 0 Å². The van der Waals surface area contributed by atoms with E-state index in [1.807, 2.05) is 0 Å². The van der Waals surface area contributed by atoms with Crippen LogP contribution in [0.5, 0.6) is 0 Å². The number of fused-ring (bicyclic) bond motifs is 1. The molecule has 2 aromatic heterocycles. The zero-order chi connectivity index (χ0) is 8.72. The van der Waals surface area contributed by atoms with E-state index in [9.17, 15) is 4.79 Å². The van der Waals surface area contributed by atoms with Gasteiger partial charge in [0.1, 0.15) is 5.82 Å². The van der Waals surface area contributed by atoms with E-state index < -0.39 is 0 Å². The highest BCUT2D eigenvalue weighted by atomic mass is 32.1. The lowest BCUT2D eigenvalue weighted by molar-refractivity contribution is 0.938. The third-order valence-electron chi connectivity index (χ3n) is 1.74. The van der Waals surface area contributed by atoms with Crippen molar-refractivity contribution in [3.63, 3.8) is 0 Å². The fourth-order valence-electron chi connectivity index (χ4n) is 1.08. The van der Waals surface area contributed by atoms with Gasteiger partial charge < -0.3 is 10.3 Å². The Morgan fingerprint density at radius 1 is 1.67 bits per heavy atom. The lowest BCUT2D eigenvalue weighted by Gasteiger charge is -1.94. The Bertz CT molecular complexity index is 485. The van der Waals surface area contributed by atoms with Crippen LogP contribution in [0.1, 0.15) is 0 Å². The number of aryl methyl sites for hydroxylation is 1. The van der Waals surface area contributed by atoms with Crippen LogP contribution in [0.3, 0.4) is 0 Å². The molecule has 2 rings (SSSR count). The monoisotopic (exact) mass is 181 g/mol. The SMILES string of the molecule is Cn1c(=O)sc2c(N)nccc21. The van der Waals surface area contributed by atoms with Crippen molar-refractivity contribution in [2.24, 2.45) is 7.05 Å². The number of rotatable bonds is 0. The largest absolute Gasteiger partial charge is 0.382 e. The number of nitrogens with two attached hydrogens (primary N) is 1. The van der Waals surface area contributed by atoms with Gasteiger partial charge in [0.15, 0.2) is 0 Å². The zero-order valence-corrected chi connectivity index (χ0v) is 7.26. The van der Waals surface area contributed by atoms with Gasteiger partial charge in [-0.2, -0.15) is 0 Å². The second-order valence-corrected chi connectivity index (χ2v) is 3.43. The molecule has 0 aliphatic heterocycles. The number of thiazole rings is 1. The molecule has 0 bridgehead atoms. The average Bonchev–Trinajstić information content (AvgIpc) is 2.32. The molecule has 0 aliphatic rings. The van der Waals surface area contributed by atoms with Crippen molar-refractivity contribution < 1.29 is 0 Å². The molecule has 0 saturated carbocycles. The van der Waals surface area contributed by atoms with Gasteiger partial charge in [-0.3, -0.25) is 4.79 Å². The number of pyridine rings is 1.